The van der Waals surface area contributed by atoms with Crippen LogP contribution in [0.5, 0.6) is 0 Å². The summed E-state index contributed by atoms with van der Waals surface area (Å²) < 4.78 is 27.1. The second-order valence-corrected chi connectivity index (χ2v) is 9.79. The van der Waals surface area contributed by atoms with Crippen LogP contribution in [0.2, 0.25) is 0 Å². The molecule has 1 heterocycles. The molecule has 0 saturated heterocycles. The predicted octanol–water partition coefficient (Wildman–Crippen LogP) is 3.01. The highest BCUT2D eigenvalue weighted by Crippen LogP contribution is 2.26. The Labute approximate surface area is 137 Å². The van der Waals surface area contributed by atoms with Crippen LogP contribution >= 0.6 is 23.1 Å². The smallest absolute Gasteiger partial charge is 0.252 e. The number of thioether (sulfide) groups is 1. The summed E-state index contributed by atoms with van der Waals surface area (Å²) in [5.74, 6) is 0.967. The van der Waals surface area contributed by atoms with Gasteiger partial charge in [0.15, 0.2) is 0 Å². The molecule has 0 amide bonds. The highest BCUT2D eigenvalue weighted by Gasteiger charge is 2.26. The largest absolute Gasteiger partial charge is 0.310 e. The topological polar surface area (TPSA) is 49.4 Å². The number of nitrogens with one attached hydrogen (secondary N) is 1. The van der Waals surface area contributed by atoms with Gasteiger partial charge in [0.1, 0.15) is 4.21 Å². The van der Waals surface area contributed by atoms with Crippen LogP contribution in [0.15, 0.2) is 16.3 Å². The van der Waals surface area contributed by atoms with E-state index in [1.807, 2.05) is 19.2 Å². The van der Waals surface area contributed by atoms with Crippen LogP contribution in [-0.4, -0.2) is 43.9 Å². The molecule has 0 aliphatic heterocycles. The number of sulfonamides is 1. The molecule has 1 aromatic rings. The Kier molecular flexibility index (Phi) is 7.70. The SMILES string of the molecule is CSCCC(C)N(C)S(=O)(=O)c1ccc(CNC(C)C)s1. The standard InChI is InChI=1S/C14H26N2O2S3/c1-11(2)15-10-13-6-7-14(20-13)21(17,18)16(4)12(3)8-9-19-5/h6-7,11-12,15H,8-10H2,1-5H3. The summed E-state index contributed by atoms with van der Waals surface area (Å²) in [5.41, 5.74) is 0. The molecule has 1 unspecified atom stereocenters. The molecule has 0 saturated carbocycles. The zero-order valence-corrected chi connectivity index (χ0v) is 15.9. The number of hydrogen-bond acceptors (Lipinski definition) is 5. The van der Waals surface area contributed by atoms with Crippen molar-refractivity contribution in [2.24, 2.45) is 0 Å². The van der Waals surface area contributed by atoms with E-state index in [1.165, 1.54) is 15.6 Å². The maximum absolute atomic E-state index is 12.6. The molecular formula is C14H26N2O2S3. The van der Waals surface area contributed by atoms with Gasteiger partial charge in [0.25, 0.3) is 10.0 Å². The molecule has 122 valence electrons. The first-order valence-electron chi connectivity index (χ1n) is 7.08. The number of rotatable bonds is 9. The van der Waals surface area contributed by atoms with Gasteiger partial charge in [-0.25, -0.2) is 8.42 Å². The van der Waals surface area contributed by atoms with E-state index < -0.39 is 10.0 Å². The van der Waals surface area contributed by atoms with Gasteiger partial charge in [-0.15, -0.1) is 11.3 Å². The summed E-state index contributed by atoms with van der Waals surface area (Å²) in [6.45, 7) is 6.82. The zero-order valence-electron chi connectivity index (χ0n) is 13.4. The van der Waals surface area contributed by atoms with Crippen molar-refractivity contribution >= 4 is 33.1 Å². The summed E-state index contributed by atoms with van der Waals surface area (Å²) in [4.78, 5) is 1.05. The molecule has 21 heavy (non-hydrogen) atoms. The fourth-order valence-corrected chi connectivity index (χ4v) is 5.21. The molecule has 0 radical (unpaired) electrons. The third kappa shape index (κ3) is 5.56. The lowest BCUT2D eigenvalue weighted by Gasteiger charge is -2.23. The van der Waals surface area contributed by atoms with Crippen molar-refractivity contribution in [2.75, 3.05) is 19.1 Å². The van der Waals surface area contributed by atoms with Crippen LogP contribution in [0.25, 0.3) is 0 Å². The highest BCUT2D eigenvalue weighted by atomic mass is 32.2. The lowest BCUT2D eigenvalue weighted by molar-refractivity contribution is 0.383. The average Bonchev–Trinajstić information content (AvgIpc) is 2.91. The van der Waals surface area contributed by atoms with Crippen LogP contribution in [0.1, 0.15) is 32.1 Å². The Balaban J connectivity index is 2.78. The molecule has 0 fully saturated rings. The Morgan fingerprint density at radius 2 is 2.00 bits per heavy atom. The van der Waals surface area contributed by atoms with Crippen molar-refractivity contribution in [3.05, 3.63) is 17.0 Å². The van der Waals surface area contributed by atoms with E-state index in [4.69, 9.17) is 0 Å². The normalized spacial score (nSPS) is 14.0. The third-order valence-electron chi connectivity index (χ3n) is 3.32. The first-order valence-corrected chi connectivity index (χ1v) is 10.7. The van der Waals surface area contributed by atoms with E-state index >= 15 is 0 Å². The molecule has 1 N–H and O–H groups in total. The molecule has 0 aromatic carbocycles. The minimum Gasteiger partial charge on any atom is -0.310 e. The summed E-state index contributed by atoms with van der Waals surface area (Å²) in [6.07, 6.45) is 2.90. The van der Waals surface area contributed by atoms with Gasteiger partial charge in [-0.3, -0.25) is 0 Å². The summed E-state index contributed by atoms with van der Waals surface area (Å²) >= 11 is 3.09. The monoisotopic (exact) mass is 350 g/mol. The van der Waals surface area contributed by atoms with Gasteiger partial charge in [0, 0.05) is 30.6 Å². The lowest BCUT2D eigenvalue weighted by atomic mass is 10.3. The van der Waals surface area contributed by atoms with Gasteiger partial charge < -0.3 is 5.32 Å². The first kappa shape index (κ1) is 19.0. The number of thiophene rings is 1. The fraction of sp³-hybridized carbons (Fsp3) is 0.714. The molecule has 1 atom stereocenters. The molecule has 0 bridgehead atoms. The van der Waals surface area contributed by atoms with Crippen molar-refractivity contribution in [3.63, 3.8) is 0 Å². The van der Waals surface area contributed by atoms with E-state index in [2.05, 4.69) is 19.2 Å². The minimum atomic E-state index is -3.37. The van der Waals surface area contributed by atoms with Crippen LogP contribution in [0.4, 0.5) is 0 Å². The zero-order chi connectivity index (χ0) is 16.0. The van der Waals surface area contributed by atoms with Crippen molar-refractivity contribution in [3.8, 4) is 0 Å². The van der Waals surface area contributed by atoms with Gasteiger partial charge >= 0.3 is 0 Å². The second kappa shape index (κ2) is 8.53. The van der Waals surface area contributed by atoms with Gasteiger partial charge in [0.2, 0.25) is 0 Å². The molecule has 0 aliphatic rings. The summed E-state index contributed by atoms with van der Waals surface area (Å²) in [7, 11) is -1.70. The first-order chi connectivity index (χ1) is 9.78. The minimum absolute atomic E-state index is 0.0155. The third-order valence-corrected chi connectivity index (χ3v) is 7.48. The maximum atomic E-state index is 12.6. The second-order valence-electron chi connectivity index (χ2n) is 5.41. The van der Waals surface area contributed by atoms with E-state index in [0.29, 0.717) is 16.8 Å². The maximum Gasteiger partial charge on any atom is 0.252 e. The molecule has 4 nitrogen and oxygen atoms in total. The summed E-state index contributed by atoms with van der Waals surface area (Å²) in [6, 6.07) is 4.02. The Morgan fingerprint density at radius 1 is 1.33 bits per heavy atom. The van der Waals surface area contributed by atoms with Gasteiger partial charge in [-0.05, 0) is 37.5 Å². The Bertz CT molecular complexity index is 526. The van der Waals surface area contributed by atoms with Crippen LogP contribution in [0.3, 0.4) is 0 Å². The quantitative estimate of drug-likeness (QED) is 0.744. The van der Waals surface area contributed by atoms with E-state index in [1.54, 1.807) is 24.9 Å². The molecular weight excluding hydrogens is 324 g/mol. The fourth-order valence-electron chi connectivity index (χ4n) is 1.75. The van der Waals surface area contributed by atoms with Crippen LogP contribution in [-0.2, 0) is 16.6 Å². The Hall–Kier alpha value is -0.0800. The highest BCUT2D eigenvalue weighted by molar-refractivity contribution is 7.98. The predicted molar refractivity (Wildman–Crippen MR) is 93.7 cm³/mol. The van der Waals surface area contributed by atoms with E-state index in [-0.39, 0.29) is 6.04 Å². The average molecular weight is 351 g/mol. The number of nitrogens with zero attached hydrogens (tertiary/aromatic N) is 1. The lowest BCUT2D eigenvalue weighted by Crippen LogP contribution is -2.35. The van der Waals surface area contributed by atoms with E-state index in [9.17, 15) is 8.42 Å². The van der Waals surface area contributed by atoms with Crippen molar-refractivity contribution in [1.29, 1.82) is 0 Å². The summed E-state index contributed by atoms with van der Waals surface area (Å²) in [5, 5.41) is 3.31. The van der Waals surface area contributed by atoms with Crippen molar-refractivity contribution in [1.82, 2.24) is 9.62 Å². The molecule has 0 aliphatic carbocycles. The van der Waals surface area contributed by atoms with Gasteiger partial charge in [0.05, 0.1) is 0 Å². The van der Waals surface area contributed by atoms with Crippen LogP contribution in [0, 0.1) is 0 Å². The number of hydrogen-bond donors (Lipinski definition) is 1. The van der Waals surface area contributed by atoms with E-state index in [0.717, 1.165) is 17.1 Å². The molecule has 0 spiro atoms. The molecule has 1 aromatic heterocycles. The van der Waals surface area contributed by atoms with Gasteiger partial charge in [-0.1, -0.05) is 13.8 Å². The van der Waals surface area contributed by atoms with Gasteiger partial charge in [-0.2, -0.15) is 16.1 Å². The van der Waals surface area contributed by atoms with Crippen LogP contribution < -0.4 is 5.32 Å². The van der Waals surface area contributed by atoms with Crippen molar-refractivity contribution < 1.29 is 8.42 Å². The Morgan fingerprint density at radius 3 is 2.57 bits per heavy atom. The molecule has 7 heteroatoms. The molecule has 1 rings (SSSR count). The van der Waals surface area contributed by atoms with Crippen molar-refractivity contribution in [2.45, 2.75) is 50.0 Å².